The molecule has 2 heterocycles. The molecule has 22 heavy (non-hydrogen) atoms. The van der Waals surface area contributed by atoms with Crippen LogP contribution in [0.1, 0.15) is 24.4 Å². The van der Waals surface area contributed by atoms with Crippen LogP contribution in [0.15, 0.2) is 24.3 Å². The molecule has 0 saturated carbocycles. The molecular weight excluding hydrogens is 278 g/mol. The fraction of sp³-hybridized carbons (Fsp3) is 0.556. The predicted molar refractivity (Wildman–Crippen MR) is 82.5 cm³/mol. The van der Waals surface area contributed by atoms with Crippen molar-refractivity contribution in [1.82, 2.24) is 4.90 Å². The highest BCUT2D eigenvalue weighted by Crippen LogP contribution is 2.62. The SMILES string of the molecule is [2H]C1(O)C=C[C@@]2([2H])[C@H]3Cc4ccc(OC)c5c4[C@@]2(CCN3C([2H])([2H])[2H])C1O5. The van der Waals surface area contributed by atoms with Crippen LogP contribution >= 0.6 is 0 Å². The van der Waals surface area contributed by atoms with Crippen LogP contribution in [-0.4, -0.2) is 48.9 Å². The predicted octanol–water partition coefficient (Wildman–Crippen LogP) is 1.50. The van der Waals surface area contributed by atoms with Gasteiger partial charge in [0.15, 0.2) is 11.5 Å². The van der Waals surface area contributed by atoms with E-state index >= 15 is 0 Å². The van der Waals surface area contributed by atoms with Crippen LogP contribution in [0.3, 0.4) is 0 Å². The zero-order valence-corrected chi connectivity index (χ0v) is 12.3. The fourth-order valence-electron chi connectivity index (χ4n) is 4.77. The number of nitrogens with zero attached hydrogens (tertiary/aromatic N) is 1. The number of hydrogen-bond acceptors (Lipinski definition) is 4. The second-order valence-corrected chi connectivity index (χ2v) is 6.48. The molecule has 0 amide bonds. The highest BCUT2D eigenvalue weighted by atomic mass is 16.5. The van der Waals surface area contributed by atoms with Gasteiger partial charge in [0, 0.05) is 28.4 Å². The van der Waals surface area contributed by atoms with Crippen molar-refractivity contribution in [1.29, 1.82) is 0 Å². The smallest absolute Gasteiger partial charge is 0.165 e. The number of likely N-dealkylation sites (N-methyl/N-ethyl adjacent to an activating group) is 1. The van der Waals surface area contributed by atoms with Gasteiger partial charge in [-0.25, -0.2) is 0 Å². The maximum Gasteiger partial charge on any atom is 0.165 e. The highest BCUT2D eigenvalue weighted by molar-refractivity contribution is 5.62. The van der Waals surface area contributed by atoms with Gasteiger partial charge in [-0.15, -0.1) is 0 Å². The van der Waals surface area contributed by atoms with E-state index in [1.165, 1.54) is 24.2 Å². The number of benzene rings is 1. The van der Waals surface area contributed by atoms with Crippen LogP contribution in [-0.2, 0) is 11.8 Å². The van der Waals surface area contributed by atoms with Gasteiger partial charge in [-0.1, -0.05) is 18.2 Å². The molecule has 1 aromatic rings. The molecule has 2 aliphatic heterocycles. The lowest BCUT2D eigenvalue weighted by Crippen LogP contribution is -2.64. The van der Waals surface area contributed by atoms with Crippen LogP contribution in [0.4, 0.5) is 0 Å². The Morgan fingerprint density at radius 1 is 1.50 bits per heavy atom. The third kappa shape index (κ3) is 1.28. The van der Waals surface area contributed by atoms with E-state index in [-0.39, 0.29) is 6.54 Å². The Morgan fingerprint density at radius 2 is 2.41 bits per heavy atom. The average Bonchev–Trinajstić information content (AvgIpc) is 2.93. The second kappa shape index (κ2) is 4.06. The summed E-state index contributed by atoms with van der Waals surface area (Å²) >= 11 is 0. The van der Waals surface area contributed by atoms with Gasteiger partial charge >= 0.3 is 0 Å². The molecule has 1 aromatic carbocycles. The van der Waals surface area contributed by atoms with Crippen molar-refractivity contribution >= 4 is 0 Å². The summed E-state index contributed by atoms with van der Waals surface area (Å²) in [6.45, 7) is -2.06. The Hall–Kier alpha value is -1.52. The second-order valence-electron chi connectivity index (χ2n) is 6.48. The van der Waals surface area contributed by atoms with E-state index in [2.05, 4.69) is 0 Å². The summed E-state index contributed by atoms with van der Waals surface area (Å²) in [5, 5.41) is 10.8. The lowest BCUT2D eigenvalue weighted by Gasteiger charge is -2.56. The summed E-state index contributed by atoms with van der Waals surface area (Å²) in [5.41, 5.74) is 0.724. The summed E-state index contributed by atoms with van der Waals surface area (Å²) in [4.78, 5) is 1.42. The summed E-state index contributed by atoms with van der Waals surface area (Å²) in [6, 6.07) is 3.07. The van der Waals surface area contributed by atoms with Gasteiger partial charge < -0.3 is 19.5 Å². The van der Waals surface area contributed by atoms with Crippen molar-refractivity contribution < 1.29 is 21.4 Å². The number of hydrogen-bond donors (Lipinski definition) is 1. The number of methoxy groups -OCH3 is 1. The molecule has 1 saturated heterocycles. The molecule has 4 nitrogen and oxygen atoms in total. The number of piperidine rings is 1. The molecule has 1 spiro atoms. The molecule has 2 bridgehead atoms. The molecule has 116 valence electrons. The van der Waals surface area contributed by atoms with Gasteiger partial charge in [-0.05, 0) is 38.0 Å². The van der Waals surface area contributed by atoms with E-state index in [9.17, 15) is 6.48 Å². The van der Waals surface area contributed by atoms with Crippen molar-refractivity contribution in [2.45, 2.75) is 36.5 Å². The molecule has 5 atom stereocenters. The third-order valence-corrected chi connectivity index (χ3v) is 5.67. The van der Waals surface area contributed by atoms with E-state index in [1.807, 2.05) is 6.07 Å². The number of aliphatic hydroxyl groups is 1. The first-order chi connectivity index (χ1) is 12.6. The molecule has 2 aliphatic carbocycles. The Labute approximate surface area is 137 Å². The largest absolute Gasteiger partial charge is 0.493 e. The maximum atomic E-state index is 10.8. The zero-order valence-electron chi connectivity index (χ0n) is 17.3. The number of likely N-dealkylation sites (tertiary alicyclic amines) is 1. The van der Waals surface area contributed by atoms with Crippen LogP contribution in [0, 0.1) is 5.89 Å². The standard InChI is InChI=1S/C18H21NO3/c1-19-8-7-18-11-4-5-13(20)17(18)22-16-14(21-2)6-3-10(15(16)18)9-12(11)19/h3-6,11-13,17,20H,7-9H2,1-2H3/t11-,12+,13?,17?,18-/m0/s1/i1D3,11D,13D. The number of ether oxygens (including phenoxy) is 2. The van der Waals surface area contributed by atoms with E-state index in [1.54, 1.807) is 6.07 Å². The average molecular weight is 304 g/mol. The minimum atomic E-state index is -2.31. The number of rotatable bonds is 1. The Bertz CT molecular complexity index is 869. The molecular formula is C18H21NO3. The van der Waals surface area contributed by atoms with Crippen LogP contribution in [0.5, 0.6) is 11.5 Å². The van der Waals surface area contributed by atoms with Gasteiger partial charge in [0.05, 0.1) is 8.48 Å². The summed E-state index contributed by atoms with van der Waals surface area (Å²) in [5.74, 6) is -0.332. The third-order valence-electron chi connectivity index (χ3n) is 5.67. The fourth-order valence-corrected chi connectivity index (χ4v) is 4.77. The first-order valence-corrected chi connectivity index (χ1v) is 7.63. The first-order valence-electron chi connectivity index (χ1n) is 10.1. The van der Waals surface area contributed by atoms with Crippen molar-refractivity contribution in [2.24, 2.45) is 5.89 Å². The van der Waals surface area contributed by atoms with Gasteiger partial charge in [0.2, 0.25) is 0 Å². The Kier molecular flexibility index (Phi) is 1.65. The lowest BCUT2D eigenvalue weighted by atomic mass is 9.53. The topological polar surface area (TPSA) is 41.9 Å². The normalized spacial score (nSPS) is 51.6. The Morgan fingerprint density at radius 3 is 3.23 bits per heavy atom. The van der Waals surface area contributed by atoms with E-state index in [0.29, 0.717) is 24.3 Å². The van der Waals surface area contributed by atoms with Crippen molar-refractivity contribution in [3.63, 3.8) is 0 Å². The van der Waals surface area contributed by atoms with E-state index in [4.69, 9.17) is 15.0 Å². The molecule has 1 N–H and O–H groups in total. The highest BCUT2D eigenvalue weighted by Gasteiger charge is 2.64. The summed E-state index contributed by atoms with van der Waals surface area (Å²) in [7, 11) is 1.53. The van der Waals surface area contributed by atoms with Gasteiger partial charge in [0.1, 0.15) is 12.2 Å². The van der Waals surface area contributed by atoms with Crippen LogP contribution < -0.4 is 9.47 Å². The lowest BCUT2D eigenvalue weighted by molar-refractivity contribution is -0.0453. The molecule has 4 aliphatic rings. The van der Waals surface area contributed by atoms with Crippen molar-refractivity contribution in [3.8, 4) is 11.5 Å². The quantitative estimate of drug-likeness (QED) is 0.799. The van der Waals surface area contributed by atoms with E-state index < -0.39 is 36.5 Å². The van der Waals surface area contributed by atoms with Crippen LogP contribution in [0.2, 0.25) is 0 Å². The minimum absolute atomic E-state index is 0.252. The molecule has 4 heteroatoms. The minimum Gasteiger partial charge on any atom is -0.493 e. The molecule has 1 fully saturated rings. The summed E-state index contributed by atoms with van der Waals surface area (Å²) < 4.78 is 53.2. The first kappa shape index (κ1) is 8.94. The summed E-state index contributed by atoms with van der Waals surface area (Å²) in [6.07, 6.45) is 0.527. The molecule has 0 aromatic heterocycles. The monoisotopic (exact) mass is 304 g/mol. The zero-order chi connectivity index (χ0) is 19.4. The van der Waals surface area contributed by atoms with Gasteiger partial charge in [0.25, 0.3) is 0 Å². The van der Waals surface area contributed by atoms with Gasteiger partial charge in [-0.2, -0.15) is 0 Å². The maximum absolute atomic E-state index is 10.8. The van der Waals surface area contributed by atoms with E-state index in [0.717, 1.165) is 11.1 Å². The Balaban J connectivity index is 1.83. The molecule has 2 unspecified atom stereocenters. The van der Waals surface area contributed by atoms with Crippen molar-refractivity contribution in [2.75, 3.05) is 20.6 Å². The molecule has 5 rings (SSSR count). The molecule has 0 radical (unpaired) electrons. The van der Waals surface area contributed by atoms with Crippen molar-refractivity contribution in [3.05, 3.63) is 35.4 Å². The van der Waals surface area contributed by atoms with Crippen LogP contribution in [0.25, 0.3) is 0 Å². The van der Waals surface area contributed by atoms with Gasteiger partial charge in [-0.3, -0.25) is 0 Å².